The van der Waals surface area contributed by atoms with Crippen molar-refractivity contribution in [3.63, 3.8) is 0 Å². The number of hydrogen-bond donors (Lipinski definition) is 23. The van der Waals surface area contributed by atoms with E-state index >= 15 is 0 Å². The molecule has 107 heavy (non-hydrogen) atoms. The lowest BCUT2D eigenvalue weighted by Gasteiger charge is -2.30. The van der Waals surface area contributed by atoms with Gasteiger partial charge < -0.3 is 117 Å². The third-order valence-electron chi connectivity index (χ3n) is 16.2. The minimum absolute atomic E-state index is 0.0312. The molecule has 0 aliphatic carbocycles. The van der Waals surface area contributed by atoms with Crippen molar-refractivity contribution in [2.45, 2.75) is 179 Å². The number of hydrogen-bond acceptors (Lipinski definition) is 20. The van der Waals surface area contributed by atoms with Crippen LogP contribution in [0.2, 0.25) is 0 Å². The van der Waals surface area contributed by atoms with Gasteiger partial charge in [-0.1, -0.05) is 90.1 Å². The lowest BCUT2D eigenvalue weighted by atomic mass is 9.97. The van der Waals surface area contributed by atoms with Gasteiger partial charge in [-0.05, 0) is 74.5 Å². The molecule has 0 unspecified atom stereocenters. The van der Waals surface area contributed by atoms with Crippen molar-refractivity contribution in [3.05, 3.63) is 71.9 Å². The molecule has 40 nitrogen and oxygen atoms in total. The molecule has 1 heterocycles. The molecule has 0 spiro atoms. The third kappa shape index (κ3) is 31.6. The molecular weight excluding hydrogens is 1410 g/mol. The van der Waals surface area contributed by atoms with Crippen LogP contribution < -0.4 is 91.6 Å². The van der Waals surface area contributed by atoms with Gasteiger partial charge in [-0.15, -0.1) is 0 Å². The highest BCUT2D eigenvalue weighted by molar-refractivity contribution is 6.01. The van der Waals surface area contributed by atoms with Crippen LogP contribution in [0.5, 0.6) is 0 Å². The van der Waals surface area contributed by atoms with E-state index in [-0.39, 0.29) is 38.2 Å². The van der Waals surface area contributed by atoms with Gasteiger partial charge in [-0.2, -0.15) is 0 Å². The highest BCUT2D eigenvalue weighted by Gasteiger charge is 2.38. The summed E-state index contributed by atoms with van der Waals surface area (Å²) in [5, 5.41) is 80.4. The second-order valence-corrected chi connectivity index (χ2v) is 26.2. The number of aliphatic hydroxyl groups is 1. The Hall–Kier alpha value is -11.8. The Morgan fingerprint density at radius 3 is 1.45 bits per heavy atom. The van der Waals surface area contributed by atoms with Crippen molar-refractivity contribution in [2.75, 3.05) is 26.2 Å². The number of carbonyl (C=O) groups excluding carboxylic acids is 14. The van der Waals surface area contributed by atoms with Gasteiger partial charge in [-0.3, -0.25) is 82.1 Å². The number of aliphatic carboxylic acids is 3. The first kappa shape index (κ1) is 89.4. The average Bonchev–Trinajstić information content (AvgIpc) is 1.80. The molecule has 3 aromatic rings. The number of rotatable bonds is 46. The second kappa shape index (κ2) is 44.1. The number of carbonyl (C=O) groups is 17. The van der Waals surface area contributed by atoms with E-state index in [1.807, 2.05) is 0 Å². The predicted molar refractivity (Wildman–Crippen MR) is 380 cm³/mol. The summed E-state index contributed by atoms with van der Waals surface area (Å²) in [5.41, 5.74) is 18.7. The van der Waals surface area contributed by atoms with E-state index in [9.17, 15) is 102 Å². The Morgan fingerprint density at radius 1 is 0.449 bits per heavy atom. The van der Waals surface area contributed by atoms with Crippen molar-refractivity contribution in [1.29, 1.82) is 5.41 Å². The Kier molecular flexibility index (Phi) is 36.8. The van der Waals surface area contributed by atoms with E-state index in [0.717, 1.165) is 17.8 Å². The quantitative estimate of drug-likeness (QED) is 0.0142. The summed E-state index contributed by atoms with van der Waals surface area (Å²) >= 11 is 0. The summed E-state index contributed by atoms with van der Waals surface area (Å²) in [6.45, 7) is 9.19. The monoisotopic (exact) mass is 1510 g/mol. The van der Waals surface area contributed by atoms with Gasteiger partial charge in [0, 0.05) is 36.5 Å². The van der Waals surface area contributed by atoms with Crippen LogP contribution in [0, 0.1) is 23.2 Å². The number of carboxylic acids is 3. The van der Waals surface area contributed by atoms with Gasteiger partial charge in [0.2, 0.25) is 82.7 Å². The maximum absolute atomic E-state index is 14.0. The van der Waals surface area contributed by atoms with E-state index in [1.165, 1.54) is 20.8 Å². The van der Waals surface area contributed by atoms with E-state index < -0.39 is 236 Å². The molecule has 0 saturated heterocycles. The molecule has 0 aliphatic rings. The largest absolute Gasteiger partial charge is 0.481 e. The Balaban J connectivity index is 1.62. The fourth-order valence-corrected chi connectivity index (χ4v) is 10.3. The number of aromatic amines is 1. The minimum Gasteiger partial charge on any atom is -0.481 e. The zero-order chi connectivity index (χ0) is 80.5. The summed E-state index contributed by atoms with van der Waals surface area (Å²) in [5.74, 6) is -21.2. The van der Waals surface area contributed by atoms with Crippen molar-refractivity contribution in [3.8, 4) is 0 Å². The van der Waals surface area contributed by atoms with Crippen LogP contribution in [0.25, 0.3) is 10.9 Å². The Bertz CT molecular complexity index is 3680. The number of benzene rings is 2. The molecule has 0 radical (unpaired) electrons. The van der Waals surface area contributed by atoms with Crippen LogP contribution in [0.3, 0.4) is 0 Å². The number of amides is 14. The number of nitrogens with one attached hydrogen (secondary N) is 16. The van der Waals surface area contributed by atoms with Crippen LogP contribution in [-0.2, 0) is 94.3 Å². The molecule has 1 aromatic heterocycles. The highest BCUT2D eigenvalue weighted by atomic mass is 16.4. The zero-order valence-electron chi connectivity index (χ0n) is 60.4. The van der Waals surface area contributed by atoms with E-state index in [1.54, 1.807) is 88.5 Å². The van der Waals surface area contributed by atoms with Gasteiger partial charge in [0.1, 0.15) is 60.4 Å². The fourth-order valence-electron chi connectivity index (χ4n) is 10.3. The molecule has 0 fully saturated rings. The first-order chi connectivity index (χ1) is 50.2. The molecule has 588 valence electrons. The van der Waals surface area contributed by atoms with Gasteiger partial charge in [0.15, 0.2) is 5.96 Å². The van der Waals surface area contributed by atoms with Gasteiger partial charge in [0.25, 0.3) is 0 Å². The predicted octanol–water partition coefficient (Wildman–Crippen LogP) is -6.59. The second-order valence-electron chi connectivity index (χ2n) is 26.2. The summed E-state index contributed by atoms with van der Waals surface area (Å²) in [7, 11) is 0. The summed E-state index contributed by atoms with van der Waals surface area (Å²) < 4.78 is 0. The first-order valence-corrected chi connectivity index (χ1v) is 34.1. The highest BCUT2D eigenvalue weighted by Crippen LogP contribution is 2.19. The zero-order valence-corrected chi connectivity index (χ0v) is 60.4. The number of aliphatic hydroxyl groups excluding tert-OH is 1. The van der Waals surface area contributed by atoms with Gasteiger partial charge in [0.05, 0.1) is 44.6 Å². The topological polar surface area (TPSA) is 657 Å². The molecule has 40 heteroatoms. The Labute approximate surface area is 614 Å². The summed E-state index contributed by atoms with van der Waals surface area (Å²) in [6.07, 6.45) is -3.38. The maximum atomic E-state index is 14.0. The Morgan fingerprint density at radius 2 is 0.916 bits per heavy atom. The molecule has 14 amide bonds. The van der Waals surface area contributed by atoms with Crippen LogP contribution in [0.4, 0.5) is 0 Å². The van der Waals surface area contributed by atoms with E-state index in [2.05, 4.69) is 79.4 Å². The lowest BCUT2D eigenvalue weighted by Crippen LogP contribution is -2.62. The SMILES string of the molecule is CC(C)[C@H](NC(=O)[C@H](CCC(=O)O)NC(=O)[C@@H](NC(=O)CNC(=O)CNC(=O)CNC(=O)[C@H](Cc1ccccc1)NC(=O)[C@H](C)NC(=O)[C@H](CC(N)=O)NC(=O)[C@H](CC(=O)O)NC(=O)[C@@H](N)Cc1c[nH]c2ccccc12)[C@@H](C)O)C(=O)N[C@H](C(=O)N[C@H](C(=O)N[C@@H](CCCNC(=N)N)C(=O)O)C(C)C)C(C)C. The molecule has 0 saturated carbocycles. The number of fused-ring (bicyclic) bond motifs is 1. The molecule has 2 aromatic carbocycles. The number of primary amides is 1. The van der Waals surface area contributed by atoms with Crippen LogP contribution in [0.15, 0.2) is 60.8 Å². The summed E-state index contributed by atoms with van der Waals surface area (Å²) in [4.78, 5) is 226. The maximum Gasteiger partial charge on any atom is 0.326 e. The van der Waals surface area contributed by atoms with Crippen molar-refractivity contribution in [1.82, 2.24) is 79.4 Å². The number of para-hydroxylation sites is 1. The minimum atomic E-state index is -1.87. The number of H-pyrrole nitrogens is 1. The number of guanidine groups is 1. The molecular formula is C67H99N19O21. The van der Waals surface area contributed by atoms with Crippen LogP contribution in [-0.4, -0.2) is 231 Å². The smallest absolute Gasteiger partial charge is 0.326 e. The number of nitrogens with two attached hydrogens (primary N) is 3. The molecule has 0 aliphatic heterocycles. The summed E-state index contributed by atoms with van der Waals surface area (Å²) in [6, 6.07) is -1.85. The molecule has 0 bridgehead atoms. The number of aromatic nitrogens is 1. The third-order valence-corrected chi connectivity index (χ3v) is 16.2. The first-order valence-electron chi connectivity index (χ1n) is 34.1. The standard InChI is InChI=1S/C67H99N19O21/c1-31(2)52(62(102)79-42(66(106)107)19-14-22-72-67(70)71)85-64(104)54(33(5)6)86-63(103)53(32(3)4)84-59(99)41(20-21-50(92)93)78-65(105)55(35(8)87)83-49(91)30-75-47(89)28-74-48(90)29-76-58(98)43(23-36-15-10-9-11-16-36)80-56(96)34(7)77-60(100)44(25-46(69)88)82-61(101)45(26-51(94)95)81-57(97)39(68)24-37-27-73-40-18-13-12-17-38(37)40/h9-13,15-18,27,31-35,39,41-45,52-55,73,87H,14,19-26,28-30,68H2,1-8H3,(H2,69,88)(H,74,90)(H,75,89)(H,76,98)(H,77,100)(H,78,105)(H,79,102)(H,80,96)(H,81,97)(H,82,101)(H,83,91)(H,84,99)(H,85,104)(H,86,103)(H,92,93)(H,94,95)(H,106,107)(H4,70,71,72)/t34-,35+,39-,41-,42-,43-,44-,45-,52-,53-,54-,55-/m0/s1. The molecule has 3 rings (SSSR count). The van der Waals surface area contributed by atoms with Gasteiger partial charge in [-0.25, -0.2) is 4.79 Å². The van der Waals surface area contributed by atoms with Crippen molar-refractivity contribution < 1.29 is 102 Å². The van der Waals surface area contributed by atoms with Gasteiger partial charge >= 0.3 is 17.9 Å². The van der Waals surface area contributed by atoms with Crippen molar-refractivity contribution >= 4 is 117 Å². The van der Waals surface area contributed by atoms with Crippen LogP contribution >= 0.6 is 0 Å². The molecule has 26 N–H and O–H groups in total. The average molecular weight is 1510 g/mol. The molecule has 12 atom stereocenters. The lowest BCUT2D eigenvalue weighted by molar-refractivity contribution is -0.143. The number of carboxylic acid groups (broad SMARTS) is 3. The van der Waals surface area contributed by atoms with E-state index in [0.29, 0.717) is 11.1 Å². The normalized spacial score (nSPS) is 14.4. The van der Waals surface area contributed by atoms with E-state index in [4.69, 9.17) is 22.6 Å². The fraction of sp³-hybridized carbons (Fsp3) is 0.522. The van der Waals surface area contributed by atoms with Crippen molar-refractivity contribution in [2.24, 2.45) is 35.0 Å². The van der Waals surface area contributed by atoms with Crippen LogP contribution in [0.1, 0.15) is 105 Å².